The molecule has 0 aliphatic carbocycles. The highest BCUT2D eigenvalue weighted by atomic mass is 16.6. The summed E-state index contributed by atoms with van der Waals surface area (Å²) in [6.45, 7) is 17.7. The normalized spacial score (nSPS) is 11.4. The van der Waals surface area contributed by atoms with Crippen molar-refractivity contribution in [1.82, 2.24) is 0 Å². The Morgan fingerprint density at radius 3 is 1.97 bits per heavy atom. The maximum Gasteiger partial charge on any atom is 0.419 e. The number of aryl methyl sites for hydroxylation is 2. The summed E-state index contributed by atoms with van der Waals surface area (Å²) >= 11 is 0. The van der Waals surface area contributed by atoms with Gasteiger partial charge in [0.1, 0.15) is 5.75 Å². The third-order valence-electron chi connectivity index (χ3n) is 5.24. The molecular weight excluding hydrogens is 358 g/mol. The molecule has 3 heteroatoms. The predicted molar refractivity (Wildman–Crippen MR) is 123 cm³/mol. The van der Waals surface area contributed by atoms with Crippen LogP contribution in [0.3, 0.4) is 0 Å². The lowest BCUT2D eigenvalue weighted by molar-refractivity contribution is 0.206. The lowest BCUT2D eigenvalue weighted by atomic mass is 9.98. The van der Waals surface area contributed by atoms with E-state index in [1.807, 2.05) is 17.9 Å². The fourth-order valence-electron chi connectivity index (χ4n) is 3.43. The van der Waals surface area contributed by atoms with E-state index < -0.39 is 0 Å². The van der Waals surface area contributed by atoms with Gasteiger partial charge in [-0.2, -0.15) is 0 Å². The molecule has 0 spiro atoms. The largest absolute Gasteiger partial charge is 0.419 e. The first kappa shape index (κ1) is 23.0. The monoisotopic (exact) mass is 395 g/mol. The summed E-state index contributed by atoms with van der Waals surface area (Å²) in [5, 5.41) is 0. The summed E-state index contributed by atoms with van der Waals surface area (Å²) in [5.74, 6) is 1.78. The Bertz CT molecular complexity index is 837. The number of nitrogens with zero attached hydrogens (tertiary/aromatic N) is 1. The van der Waals surface area contributed by atoms with Gasteiger partial charge in [-0.1, -0.05) is 65.8 Å². The molecule has 0 saturated carbocycles. The molecule has 1 amide bonds. The summed E-state index contributed by atoms with van der Waals surface area (Å²) in [4.78, 5) is 15.2. The minimum Gasteiger partial charge on any atom is -0.410 e. The van der Waals surface area contributed by atoms with Crippen LogP contribution in [0.4, 0.5) is 10.5 Å². The molecule has 29 heavy (non-hydrogen) atoms. The first-order valence-corrected chi connectivity index (χ1v) is 10.8. The smallest absolute Gasteiger partial charge is 0.410 e. The van der Waals surface area contributed by atoms with Crippen LogP contribution in [0.25, 0.3) is 0 Å². The summed E-state index contributed by atoms with van der Waals surface area (Å²) in [6, 6.07) is 12.5. The molecule has 0 heterocycles. The summed E-state index contributed by atoms with van der Waals surface area (Å²) in [6.07, 6.45) is 0.622. The standard InChI is InChI=1S/C26H37NO2/c1-17(2)13-14-27(24-15-20(7)9-11-22(24)18(3)4)26(28)29-25-16-21(8)10-12-23(25)19(5)6/h9-12,15-19H,13-14H2,1-8H3. The van der Waals surface area contributed by atoms with Gasteiger partial charge in [0.2, 0.25) is 0 Å². The van der Waals surface area contributed by atoms with Gasteiger partial charge in [0, 0.05) is 6.54 Å². The Hall–Kier alpha value is -2.29. The van der Waals surface area contributed by atoms with Crippen molar-refractivity contribution in [3.63, 3.8) is 0 Å². The van der Waals surface area contributed by atoms with Crippen molar-refractivity contribution in [2.24, 2.45) is 5.92 Å². The van der Waals surface area contributed by atoms with E-state index >= 15 is 0 Å². The molecule has 0 aliphatic rings. The second kappa shape index (κ2) is 9.96. The zero-order chi connectivity index (χ0) is 21.7. The topological polar surface area (TPSA) is 29.5 Å². The molecule has 0 unspecified atom stereocenters. The Labute approximate surface area is 177 Å². The van der Waals surface area contributed by atoms with Crippen LogP contribution in [0.5, 0.6) is 5.75 Å². The average molecular weight is 396 g/mol. The zero-order valence-electron chi connectivity index (χ0n) is 19.4. The fourth-order valence-corrected chi connectivity index (χ4v) is 3.43. The zero-order valence-corrected chi connectivity index (χ0v) is 19.4. The van der Waals surface area contributed by atoms with Gasteiger partial charge in [0.25, 0.3) is 0 Å². The highest BCUT2D eigenvalue weighted by Crippen LogP contribution is 2.32. The molecule has 0 saturated heterocycles. The highest BCUT2D eigenvalue weighted by Gasteiger charge is 2.23. The summed E-state index contributed by atoms with van der Waals surface area (Å²) in [7, 11) is 0. The number of hydrogen-bond donors (Lipinski definition) is 0. The lowest BCUT2D eigenvalue weighted by Crippen LogP contribution is -2.36. The van der Waals surface area contributed by atoms with E-state index in [9.17, 15) is 4.79 Å². The van der Waals surface area contributed by atoms with E-state index in [1.165, 1.54) is 5.56 Å². The fraction of sp³-hybridized carbons (Fsp3) is 0.500. The van der Waals surface area contributed by atoms with Gasteiger partial charge < -0.3 is 4.74 Å². The number of carbonyl (C=O) groups excluding carboxylic acids is 1. The van der Waals surface area contributed by atoms with Crippen LogP contribution in [0.1, 0.15) is 82.1 Å². The van der Waals surface area contributed by atoms with E-state index in [1.54, 1.807) is 0 Å². The second-order valence-electron chi connectivity index (χ2n) is 9.12. The lowest BCUT2D eigenvalue weighted by Gasteiger charge is -2.27. The van der Waals surface area contributed by atoms with Crippen LogP contribution in [0, 0.1) is 19.8 Å². The summed E-state index contributed by atoms with van der Waals surface area (Å²) < 4.78 is 6.00. The van der Waals surface area contributed by atoms with Crippen molar-refractivity contribution < 1.29 is 9.53 Å². The first-order valence-electron chi connectivity index (χ1n) is 10.8. The minimum atomic E-state index is -0.300. The van der Waals surface area contributed by atoms with Crippen molar-refractivity contribution in [2.75, 3.05) is 11.4 Å². The van der Waals surface area contributed by atoms with Crippen molar-refractivity contribution in [2.45, 2.75) is 73.6 Å². The third-order valence-corrected chi connectivity index (χ3v) is 5.24. The molecule has 2 aromatic carbocycles. The van der Waals surface area contributed by atoms with Gasteiger partial charge in [-0.25, -0.2) is 4.79 Å². The average Bonchev–Trinajstić information content (AvgIpc) is 2.61. The SMILES string of the molecule is Cc1ccc(C(C)C)c(OC(=O)N(CCC(C)C)c2cc(C)ccc2C(C)C)c1. The van der Waals surface area contributed by atoms with Gasteiger partial charge in [0.05, 0.1) is 5.69 Å². The molecule has 158 valence electrons. The van der Waals surface area contributed by atoms with E-state index in [0.29, 0.717) is 24.1 Å². The van der Waals surface area contributed by atoms with E-state index in [4.69, 9.17) is 4.74 Å². The van der Waals surface area contributed by atoms with Crippen molar-refractivity contribution in [3.05, 3.63) is 58.7 Å². The molecule has 2 aromatic rings. The maximum atomic E-state index is 13.4. The molecule has 0 atom stereocenters. The first-order chi connectivity index (χ1) is 13.6. The van der Waals surface area contributed by atoms with Crippen LogP contribution in [0.2, 0.25) is 0 Å². The third kappa shape index (κ3) is 6.09. The van der Waals surface area contributed by atoms with E-state index in [2.05, 4.69) is 78.8 Å². The van der Waals surface area contributed by atoms with Gasteiger partial charge in [-0.05, 0) is 72.4 Å². The molecular formula is C26H37NO2. The molecule has 0 aromatic heterocycles. The molecule has 0 N–H and O–H groups in total. The number of benzene rings is 2. The van der Waals surface area contributed by atoms with Gasteiger partial charge in [0.15, 0.2) is 0 Å². The number of hydrogen-bond acceptors (Lipinski definition) is 2. The van der Waals surface area contributed by atoms with Gasteiger partial charge in [-0.3, -0.25) is 4.90 Å². The second-order valence-corrected chi connectivity index (χ2v) is 9.12. The minimum absolute atomic E-state index is 0.285. The van der Waals surface area contributed by atoms with Crippen LogP contribution in [0.15, 0.2) is 36.4 Å². The van der Waals surface area contributed by atoms with Crippen molar-refractivity contribution in [3.8, 4) is 5.75 Å². The number of amides is 1. The molecule has 0 aliphatic heterocycles. The van der Waals surface area contributed by atoms with E-state index in [-0.39, 0.29) is 12.0 Å². The quantitative estimate of drug-likeness (QED) is 0.483. The van der Waals surface area contributed by atoms with Crippen LogP contribution in [-0.2, 0) is 0 Å². The van der Waals surface area contributed by atoms with Gasteiger partial charge >= 0.3 is 6.09 Å². The Morgan fingerprint density at radius 1 is 0.862 bits per heavy atom. The number of rotatable bonds is 7. The number of carbonyl (C=O) groups is 1. The van der Waals surface area contributed by atoms with Crippen molar-refractivity contribution >= 4 is 11.8 Å². The molecule has 0 fully saturated rings. The maximum absolute atomic E-state index is 13.4. The Balaban J connectivity index is 2.45. The molecule has 0 bridgehead atoms. The number of anilines is 1. The molecule has 2 rings (SSSR count). The predicted octanol–water partition coefficient (Wildman–Crippen LogP) is 7.60. The van der Waals surface area contributed by atoms with Crippen LogP contribution in [-0.4, -0.2) is 12.6 Å². The molecule has 3 nitrogen and oxygen atoms in total. The summed E-state index contributed by atoms with van der Waals surface area (Å²) in [5.41, 5.74) is 5.42. The Morgan fingerprint density at radius 2 is 1.41 bits per heavy atom. The van der Waals surface area contributed by atoms with Crippen LogP contribution < -0.4 is 9.64 Å². The molecule has 0 radical (unpaired) electrons. The van der Waals surface area contributed by atoms with Gasteiger partial charge in [-0.15, -0.1) is 0 Å². The highest BCUT2D eigenvalue weighted by molar-refractivity contribution is 5.90. The van der Waals surface area contributed by atoms with Crippen LogP contribution >= 0.6 is 0 Å². The number of ether oxygens (including phenoxy) is 1. The van der Waals surface area contributed by atoms with Crippen molar-refractivity contribution in [1.29, 1.82) is 0 Å². The van der Waals surface area contributed by atoms with E-state index in [0.717, 1.165) is 28.8 Å². The Kier molecular flexibility index (Phi) is 7.89.